The number of hydrogen-bond acceptors (Lipinski definition) is 5. The number of carbonyl (C=O) groups is 1. The van der Waals surface area contributed by atoms with E-state index in [2.05, 4.69) is 16.7 Å². The van der Waals surface area contributed by atoms with Gasteiger partial charge in [-0.15, -0.1) is 11.3 Å². The van der Waals surface area contributed by atoms with Crippen LogP contribution >= 0.6 is 11.3 Å². The van der Waals surface area contributed by atoms with E-state index in [1.807, 2.05) is 13.8 Å². The molecule has 2 rings (SSSR count). The number of aliphatic hydroxyl groups is 1. The molecule has 1 unspecified atom stereocenters. The van der Waals surface area contributed by atoms with E-state index in [1.165, 1.54) is 11.3 Å². The van der Waals surface area contributed by atoms with Crippen LogP contribution in [0.25, 0.3) is 0 Å². The highest BCUT2D eigenvalue weighted by molar-refractivity contribution is 7.16. The van der Waals surface area contributed by atoms with Crippen molar-refractivity contribution in [2.75, 3.05) is 11.9 Å². The highest BCUT2D eigenvalue weighted by Crippen LogP contribution is 2.39. The quantitative estimate of drug-likeness (QED) is 0.795. The number of hydrogen-bond donors (Lipinski definition) is 3. The van der Waals surface area contributed by atoms with Crippen molar-refractivity contribution in [2.24, 2.45) is 0 Å². The van der Waals surface area contributed by atoms with Crippen molar-refractivity contribution < 1.29 is 14.6 Å². The fourth-order valence-electron chi connectivity index (χ4n) is 2.15. The van der Waals surface area contributed by atoms with Crippen molar-refractivity contribution in [1.82, 2.24) is 5.32 Å². The van der Waals surface area contributed by atoms with E-state index in [4.69, 9.17) is 9.84 Å². The maximum absolute atomic E-state index is 11.8. The maximum atomic E-state index is 11.8. The number of carbonyl (C=O) groups excluding carboxylic acids is 1. The molecule has 0 saturated carbocycles. The number of nitriles is 1. The third-order valence-corrected chi connectivity index (χ3v) is 4.31. The van der Waals surface area contributed by atoms with Gasteiger partial charge in [-0.2, -0.15) is 5.26 Å². The van der Waals surface area contributed by atoms with E-state index in [-0.39, 0.29) is 12.1 Å². The van der Waals surface area contributed by atoms with Gasteiger partial charge >= 0.3 is 6.03 Å². The summed E-state index contributed by atoms with van der Waals surface area (Å²) in [6.07, 6.45) is 0.0375. The molecule has 0 fully saturated rings. The zero-order valence-electron chi connectivity index (χ0n) is 12.3. The second-order valence-electron chi connectivity index (χ2n) is 5.73. The number of fused-ring (bicyclic) bond motifs is 1. The number of rotatable bonds is 3. The normalized spacial score (nSPS) is 17.5. The van der Waals surface area contributed by atoms with Gasteiger partial charge in [0, 0.05) is 17.8 Å². The minimum absolute atomic E-state index is 0.162. The first kappa shape index (κ1) is 15.8. The Bertz CT molecular complexity index is 587. The predicted molar refractivity (Wildman–Crippen MR) is 80.3 cm³/mol. The van der Waals surface area contributed by atoms with Gasteiger partial charge in [0.1, 0.15) is 11.1 Å². The number of nitrogens with one attached hydrogen (secondary N) is 2. The van der Waals surface area contributed by atoms with Crippen molar-refractivity contribution in [3.8, 4) is 6.07 Å². The first-order chi connectivity index (χ1) is 9.82. The molecular weight excluding hydrogens is 290 g/mol. The average Bonchev–Trinajstić information content (AvgIpc) is 2.71. The van der Waals surface area contributed by atoms with E-state index in [9.17, 15) is 10.1 Å². The fourth-order valence-corrected chi connectivity index (χ4v) is 3.22. The molecule has 1 aromatic heterocycles. The smallest absolute Gasteiger partial charge is 0.319 e. The number of nitrogens with zero attached hydrogens (tertiary/aromatic N) is 1. The number of aliphatic hydroxyl groups excluding tert-OH is 1. The third kappa shape index (κ3) is 3.73. The zero-order valence-corrected chi connectivity index (χ0v) is 13.1. The molecule has 0 bridgehead atoms. The molecule has 2 heterocycles. The Labute approximate surface area is 127 Å². The first-order valence-electron chi connectivity index (χ1n) is 6.74. The molecule has 6 nitrogen and oxygen atoms in total. The Morgan fingerprint density at radius 2 is 2.33 bits per heavy atom. The average molecular weight is 309 g/mol. The summed E-state index contributed by atoms with van der Waals surface area (Å²) in [6, 6.07) is 1.75. The lowest BCUT2D eigenvalue weighted by Crippen LogP contribution is -2.34. The SMILES string of the molecule is CC(O)CNC(=O)Nc1sc2c(c1C#N)CC(C)(C)OC2. The molecule has 0 aromatic carbocycles. The van der Waals surface area contributed by atoms with Gasteiger partial charge in [-0.05, 0) is 26.3 Å². The lowest BCUT2D eigenvalue weighted by atomic mass is 9.93. The summed E-state index contributed by atoms with van der Waals surface area (Å²) < 4.78 is 5.73. The largest absolute Gasteiger partial charge is 0.392 e. The number of urea groups is 1. The monoisotopic (exact) mass is 309 g/mol. The minimum Gasteiger partial charge on any atom is -0.392 e. The van der Waals surface area contributed by atoms with Crippen LogP contribution in [0, 0.1) is 11.3 Å². The van der Waals surface area contributed by atoms with E-state index < -0.39 is 12.1 Å². The fraction of sp³-hybridized carbons (Fsp3) is 0.571. The summed E-state index contributed by atoms with van der Waals surface area (Å²) in [5, 5.41) is 24.3. The highest BCUT2D eigenvalue weighted by atomic mass is 32.1. The molecule has 1 aliphatic rings. The lowest BCUT2D eigenvalue weighted by Gasteiger charge is -2.29. The van der Waals surface area contributed by atoms with Crippen molar-refractivity contribution in [1.29, 1.82) is 5.26 Å². The van der Waals surface area contributed by atoms with Gasteiger partial charge in [0.05, 0.1) is 23.9 Å². The molecule has 3 N–H and O–H groups in total. The molecule has 0 spiro atoms. The maximum Gasteiger partial charge on any atom is 0.319 e. The zero-order chi connectivity index (χ0) is 15.6. The molecule has 21 heavy (non-hydrogen) atoms. The molecule has 7 heteroatoms. The minimum atomic E-state index is -0.614. The molecule has 2 amide bonds. The van der Waals surface area contributed by atoms with Gasteiger partial charge in [-0.1, -0.05) is 0 Å². The molecule has 0 aliphatic carbocycles. The van der Waals surface area contributed by atoms with E-state index >= 15 is 0 Å². The lowest BCUT2D eigenvalue weighted by molar-refractivity contribution is -0.0383. The number of ether oxygens (including phenoxy) is 1. The Morgan fingerprint density at radius 3 is 2.95 bits per heavy atom. The first-order valence-corrected chi connectivity index (χ1v) is 7.55. The van der Waals surface area contributed by atoms with Crippen molar-refractivity contribution >= 4 is 22.4 Å². The molecule has 0 radical (unpaired) electrons. The van der Waals surface area contributed by atoms with E-state index in [1.54, 1.807) is 6.92 Å². The summed E-state index contributed by atoms with van der Waals surface area (Å²) in [6.45, 7) is 6.17. The third-order valence-electron chi connectivity index (χ3n) is 3.18. The molecule has 0 saturated heterocycles. The Kier molecular flexibility index (Phi) is 4.52. The summed E-state index contributed by atoms with van der Waals surface area (Å²) in [5.74, 6) is 0. The number of anilines is 1. The molecule has 1 aromatic rings. The standard InChI is InChI=1S/C14H19N3O3S/c1-8(18)6-16-13(19)17-12-10(5-15)9-4-14(2,3)20-7-11(9)21-12/h8,18H,4,6-7H2,1-3H3,(H2,16,17,19). The second kappa shape index (κ2) is 6.02. The van der Waals surface area contributed by atoms with Crippen LogP contribution in [0.1, 0.15) is 36.8 Å². The van der Waals surface area contributed by atoms with Crippen LogP contribution in [-0.4, -0.2) is 29.4 Å². The van der Waals surface area contributed by atoms with Crippen LogP contribution in [0.4, 0.5) is 9.80 Å². The summed E-state index contributed by atoms with van der Waals surface area (Å²) >= 11 is 1.37. The summed E-state index contributed by atoms with van der Waals surface area (Å²) in [4.78, 5) is 12.7. The van der Waals surface area contributed by atoms with Gasteiger partial charge in [0.25, 0.3) is 0 Å². The van der Waals surface area contributed by atoms with E-state index in [0.717, 1.165) is 10.4 Å². The van der Waals surface area contributed by atoms with Crippen molar-refractivity contribution in [3.63, 3.8) is 0 Å². The van der Waals surface area contributed by atoms with Crippen LogP contribution in [0.15, 0.2) is 0 Å². The van der Waals surface area contributed by atoms with Crippen LogP contribution in [0.3, 0.4) is 0 Å². The van der Waals surface area contributed by atoms with E-state index in [0.29, 0.717) is 23.6 Å². The molecule has 1 atom stereocenters. The van der Waals surface area contributed by atoms with Crippen LogP contribution in [0.5, 0.6) is 0 Å². The highest BCUT2D eigenvalue weighted by Gasteiger charge is 2.31. The van der Waals surface area contributed by atoms with Gasteiger partial charge < -0.3 is 15.2 Å². The van der Waals surface area contributed by atoms with Gasteiger partial charge in [-0.25, -0.2) is 4.79 Å². The number of thiophene rings is 1. The van der Waals surface area contributed by atoms with Crippen molar-refractivity contribution in [3.05, 3.63) is 16.0 Å². The Balaban J connectivity index is 2.17. The van der Waals surface area contributed by atoms with Crippen LogP contribution in [-0.2, 0) is 17.8 Å². The predicted octanol–water partition coefficient (Wildman–Crippen LogP) is 1.97. The Morgan fingerprint density at radius 1 is 1.62 bits per heavy atom. The van der Waals surface area contributed by atoms with Gasteiger partial charge in [0.2, 0.25) is 0 Å². The van der Waals surface area contributed by atoms with Crippen molar-refractivity contribution in [2.45, 2.75) is 45.5 Å². The van der Waals surface area contributed by atoms with Gasteiger partial charge in [0.15, 0.2) is 0 Å². The van der Waals surface area contributed by atoms with Gasteiger partial charge in [-0.3, -0.25) is 5.32 Å². The Hall–Kier alpha value is -1.62. The molecule has 114 valence electrons. The second-order valence-corrected chi connectivity index (χ2v) is 6.83. The summed E-state index contributed by atoms with van der Waals surface area (Å²) in [7, 11) is 0. The molecule has 1 aliphatic heterocycles. The topological polar surface area (TPSA) is 94.4 Å². The number of amides is 2. The van der Waals surface area contributed by atoms with Crippen LogP contribution in [0.2, 0.25) is 0 Å². The van der Waals surface area contributed by atoms with Crippen LogP contribution < -0.4 is 10.6 Å². The summed E-state index contributed by atoms with van der Waals surface area (Å²) in [5.41, 5.74) is 1.18. The molecular formula is C14H19N3O3S.